The van der Waals surface area contributed by atoms with Crippen molar-refractivity contribution in [3.8, 4) is 0 Å². The Labute approximate surface area is 124 Å². The summed E-state index contributed by atoms with van der Waals surface area (Å²) in [7, 11) is 0. The Bertz CT molecular complexity index is 472. The minimum absolute atomic E-state index is 0. The minimum Gasteiger partial charge on any atom is -0.326 e. The molecule has 1 fully saturated rings. The second kappa shape index (κ2) is 7.26. The van der Waals surface area contributed by atoms with Gasteiger partial charge in [-0.1, -0.05) is 6.92 Å². The first-order chi connectivity index (χ1) is 9.10. The van der Waals surface area contributed by atoms with Gasteiger partial charge in [-0.25, -0.2) is 0 Å². The van der Waals surface area contributed by atoms with E-state index in [0.29, 0.717) is 12.1 Å². The third kappa shape index (κ3) is 4.51. The number of hydrogen-bond acceptors (Lipinski definition) is 3. The van der Waals surface area contributed by atoms with Gasteiger partial charge in [0.15, 0.2) is 0 Å². The summed E-state index contributed by atoms with van der Waals surface area (Å²) in [6.45, 7) is 1.86. The lowest BCUT2D eigenvalue weighted by Gasteiger charge is -2.10. The number of halogens is 1. The van der Waals surface area contributed by atoms with Crippen LogP contribution in [0.1, 0.15) is 26.2 Å². The quantitative estimate of drug-likeness (QED) is 0.778. The molecule has 2 amide bonds. The van der Waals surface area contributed by atoms with Crippen molar-refractivity contribution in [1.29, 1.82) is 0 Å². The molecule has 0 bridgehead atoms. The zero-order valence-corrected chi connectivity index (χ0v) is 12.2. The second-order valence-corrected chi connectivity index (χ2v) is 4.84. The van der Waals surface area contributed by atoms with Crippen LogP contribution >= 0.6 is 12.4 Å². The summed E-state index contributed by atoms with van der Waals surface area (Å²) in [5.41, 5.74) is 7.06. The number of carbonyl (C=O) groups excluding carboxylic acids is 2. The molecule has 0 aromatic heterocycles. The lowest BCUT2D eigenvalue weighted by molar-refractivity contribution is -0.118. The molecule has 0 saturated heterocycles. The fourth-order valence-electron chi connectivity index (χ4n) is 1.65. The predicted molar refractivity (Wildman–Crippen MR) is 81.9 cm³/mol. The molecule has 20 heavy (non-hydrogen) atoms. The molecule has 4 N–H and O–H groups in total. The maximum atomic E-state index is 11.6. The summed E-state index contributed by atoms with van der Waals surface area (Å²) in [5.74, 6) is 0.0592. The highest BCUT2D eigenvalue weighted by Crippen LogP contribution is 2.30. The summed E-state index contributed by atoms with van der Waals surface area (Å²) in [4.78, 5) is 23.2. The van der Waals surface area contributed by atoms with Crippen molar-refractivity contribution >= 4 is 35.6 Å². The van der Waals surface area contributed by atoms with Gasteiger partial charge in [0, 0.05) is 17.3 Å². The summed E-state index contributed by atoms with van der Waals surface area (Å²) in [6.07, 6.45) is 2.56. The van der Waals surface area contributed by atoms with Crippen molar-refractivity contribution in [2.75, 3.05) is 10.6 Å². The molecule has 1 aliphatic rings. The first kappa shape index (κ1) is 16.5. The minimum atomic E-state index is -0.491. The van der Waals surface area contributed by atoms with E-state index in [2.05, 4.69) is 10.6 Å². The van der Waals surface area contributed by atoms with Crippen molar-refractivity contribution in [2.24, 2.45) is 11.7 Å². The Morgan fingerprint density at radius 2 is 1.70 bits per heavy atom. The van der Waals surface area contributed by atoms with Gasteiger partial charge in [0.05, 0.1) is 6.04 Å². The molecule has 2 rings (SSSR count). The third-order valence-electron chi connectivity index (χ3n) is 3.14. The fraction of sp³-hybridized carbons (Fsp3) is 0.429. The van der Waals surface area contributed by atoms with Crippen LogP contribution in [0.3, 0.4) is 0 Å². The Kier molecular flexibility index (Phi) is 5.98. The van der Waals surface area contributed by atoms with E-state index in [1.807, 2.05) is 6.92 Å². The summed E-state index contributed by atoms with van der Waals surface area (Å²) in [5, 5.41) is 5.57. The summed E-state index contributed by atoms with van der Waals surface area (Å²) >= 11 is 0. The smallest absolute Gasteiger partial charge is 0.241 e. The fourth-order valence-corrected chi connectivity index (χ4v) is 1.65. The highest BCUT2D eigenvalue weighted by atomic mass is 35.5. The molecule has 0 unspecified atom stereocenters. The van der Waals surface area contributed by atoms with E-state index in [9.17, 15) is 9.59 Å². The van der Waals surface area contributed by atoms with Crippen molar-refractivity contribution in [3.63, 3.8) is 0 Å². The Hall–Kier alpha value is -1.59. The number of anilines is 2. The molecule has 0 spiro atoms. The van der Waals surface area contributed by atoms with Gasteiger partial charge >= 0.3 is 0 Å². The molecular weight excluding hydrogens is 278 g/mol. The standard InChI is InChI=1S/C14H19N3O2.ClH/c1-2-12(15)14(19)17-11-7-5-10(6-8-11)16-13(18)9-3-4-9;/h5-9,12H,2-4,15H2,1H3,(H,16,18)(H,17,19);1H/t12-;/m0./s1. The van der Waals surface area contributed by atoms with Gasteiger partial charge in [0.25, 0.3) is 0 Å². The van der Waals surface area contributed by atoms with Crippen LogP contribution in [-0.2, 0) is 9.59 Å². The topological polar surface area (TPSA) is 84.2 Å². The number of amides is 2. The highest BCUT2D eigenvalue weighted by Gasteiger charge is 2.29. The zero-order chi connectivity index (χ0) is 13.8. The monoisotopic (exact) mass is 297 g/mol. The van der Waals surface area contributed by atoms with Crippen LogP contribution in [0.15, 0.2) is 24.3 Å². The van der Waals surface area contributed by atoms with Crippen LogP contribution in [0, 0.1) is 5.92 Å². The van der Waals surface area contributed by atoms with Crippen LogP contribution in [0.25, 0.3) is 0 Å². The van der Waals surface area contributed by atoms with E-state index in [-0.39, 0.29) is 30.1 Å². The predicted octanol–water partition coefficient (Wildman–Crippen LogP) is 2.13. The average molecular weight is 298 g/mol. The highest BCUT2D eigenvalue weighted by molar-refractivity contribution is 5.96. The van der Waals surface area contributed by atoms with Crippen molar-refractivity contribution in [1.82, 2.24) is 0 Å². The first-order valence-electron chi connectivity index (χ1n) is 6.57. The van der Waals surface area contributed by atoms with Crippen molar-refractivity contribution < 1.29 is 9.59 Å². The van der Waals surface area contributed by atoms with Gasteiger partial charge in [-0.3, -0.25) is 9.59 Å². The second-order valence-electron chi connectivity index (χ2n) is 4.84. The van der Waals surface area contributed by atoms with Crippen LogP contribution in [0.5, 0.6) is 0 Å². The molecule has 5 nitrogen and oxygen atoms in total. The normalized spacial score (nSPS) is 14.9. The Balaban J connectivity index is 0.00000200. The molecule has 1 saturated carbocycles. The summed E-state index contributed by atoms with van der Waals surface area (Å²) in [6, 6.07) is 6.56. The summed E-state index contributed by atoms with van der Waals surface area (Å²) < 4.78 is 0. The van der Waals surface area contributed by atoms with E-state index >= 15 is 0 Å². The molecule has 0 aliphatic heterocycles. The molecule has 1 aliphatic carbocycles. The molecule has 1 aromatic rings. The SMILES string of the molecule is CC[C@H](N)C(=O)Nc1ccc(NC(=O)C2CC2)cc1.Cl. The largest absolute Gasteiger partial charge is 0.326 e. The van der Waals surface area contributed by atoms with E-state index in [4.69, 9.17) is 5.73 Å². The molecule has 110 valence electrons. The molecule has 1 aromatic carbocycles. The van der Waals surface area contributed by atoms with Crippen LogP contribution in [0.2, 0.25) is 0 Å². The van der Waals surface area contributed by atoms with Gasteiger partial charge in [-0.15, -0.1) is 12.4 Å². The number of hydrogen-bond donors (Lipinski definition) is 3. The van der Waals surface area contributed by atoms with Gasteiger partial charge in [-0.2, -0.15) is 0 Å². The van der Waals surface area contributed by atoms with Crippen LogP contribution in [-0.4, -0.2) is 17.9 Å². The molecular formula is C14H20ClN3O2. The number of carbonyl (C=O) groups is 2. The Morgan fingerprint density at radius 3 is 2.15 bits per heavy atom. The van der Waals surface area contributed by atoms with Gasteiger partial charge in [0.2, 0.25) is 11.8 Å². The number of rotatable bonds is 5. The van der Waals surface area contributed by atoms with Gasteiger partial charge in [0.1, 0.15) is 0 Å². The maximum Gasteiger partial charge on any atom is 0.241 e. The van der Waals surface area contributed by atoms with E-state index < -0.39 is 6.04 Å². The van der Waals surface area contributed by atoms with Crippen LogP contribution < -0.4 is 16.4 Å². The zero-order valence-electron chi connectivity index (χ0n) is 11.4. The van der Waals surface area contributed by atoms with Gasteiger partial charge in [-0.05, 0) is 43.5 Å². The molecule has 0 radical (unpaired) electrons. The molecule has 6 heteroatoms. The van der Waals surface area contributed by atoms with Crippen LogP contribution in [0.4, 0.5) is 11.4 Å². The van der Waals surface area contributed by atoms with E-state index in [1.165, 1.54) is 0 Å². The van der Waals surface area contributed by atoms with Gasteiger partial charge < -0.3 is 16.4 Å². The van der Waals surface area contributed by atoms with E-state index in [0.717, 1.165) is 18.5 Å². The van der Waals surface area contributed by atoms with Crippen molar-refractivity contribution in [2.45, 2.75) is 32.2 Å². The maximum absolute atomic E-state index is 11.6. The molecule has 1 atom stereocenters. The number of benzene rings is 1. The lowest BCUT2D eigenvalue weighted by Crippen LogP contribution is -2.34. The molecule has 0 heterocycles. The van der Waals surface area contributed by atoms with Crippen molar-refractivity contribution in [3.05, 3.63) is 24.3 Å². The lowest BCUT2D eigenvalue weighted by atomic mass is 10.2. The average Bonchev–Trinajstić information content (AvgIpc) is 3.24. The Morgan fingerprint density at radius 1 is 1.20 bits per heavy atom. The third-order valence-corrected chi connectivity index (χ3v) is 3.14. The number of nitrogens with one attached hydrogen (secondary N) is 2. The first-order valence-corrected chi connectivity index (χ1v) is 6.57. The number of nitrogens with two attached hydrogens (primary N) is 1. The van der Waals surface area contributed by atoms with E-state index in [1.54, 1.807) is 24.3 Å².